The molecule has 1 N–H and O–H groups in total. The molecule has 0 amide bonds. The molecule has 7 nitrogen and oxygen atoms in total. The van der Waals surface area contributed by atoms with Crippen LogP contribution in [-0.4, -0.2) is 28.2 Å². The van der Waals surface area contributed by atoms with Gasteiger partial charge in [0, 0.05) is 10.4 Å². The summed E-state index contributed by atoms with van der Waals surface area (Å²) >= 11 is 5.96. The maximum Gasteiger partial charge on any atom is 0.276 e. The van der Waals surface area contributed by atoms with Crippen LogP contribution in [0.1, 0.15) is 16.1 Å². The molecule has 28 heavy (non-hydrogen) atoms. The van der Waals surface area contributed by atoms with Gasteiger partial charge in [-0.25, -0.2) is 0 Å². The van der Waals surface area contributed by atoms with Crippen molar-refractivity contribution in [2.75, 3.05) is 7.11 Å². The Balaban J connectivity index is 1.98. The summed E-state index contributed by atoms with van der Waals surface area (Å²) in [6.45, 7) is 0.221. The number of aromatic amines is 1. The van der Waals surface area contributed by atoms with Crippen LogP contribution in [0.25, 0.3) is 21.8 Å². The lowest BCUT2D eigenvalue weighted by molar-refractivity contribution is 0.111. The van der Waals surface area contributed by atoms with Crippen LogP contribution in [-0.2, 0) is 6.54 Å². The monoisotopic (exact) mass is 395 g/mol. The van der Waals surface area contributed by atoms with Crippen molar-refractivity contribution in [3.8, 4) is 5.75 Å². The van der Waals surface area contributed by atoms with E-state index in [2.05, 4.69) is 10.1 Å². The van der Waals surface area contributed by atoms with Gasteiger partial charge in [0.05, 0.1) is 24.6 Å². The maximum absolute atomic E-state index is 13.0. The number of halogens is 1. The number of methoxy groups -OCH3 is 1. The summed E-state index contributed by atoms with van der Waals surface area (Å²) in [5.74, 6) is 0.695. The third kappa shape index (κ3) is 2.95. The van der Waals surface area contributed by atoms with Gasteiger partial charge in [-0.1, -0.05) is 23.7 Å². The largest absolute Gasteiger partial charge is 0.497 e. The normalized spacial score (nSPS) is 11.1. The number of nitrogens with one attached hydrogen (secondary N) is 1. The molecule has 4 rings (SSSR count). The third-order valence-corrected chi connectivity index (χ3v) is 4.75. The van der Waals surface area contributed by atoms with Gasteiger partial charge in [-0.15, -0.1) is 0 Å². The number of hydrogen-bond donors (Lipinski definition) is 1. The minimum Gasteiger partial charge on any atom is -0.497 e. The van der Waals surface area contributed by atoms with E-state index in [1.807, 2.05) is 12.1 Å². The van der Waals surface area contributed by atoms with E-state index in [0.29, 0.717) is 22.6 Å². The highest BCUT2D eigenvalue weighted by Gasteiger charge is 2.18. The van der Waals surface area contributed by atoms with Crippen molar-refractivity contribution in [3.63, 3.8) is 0 Å². The predicted molar refractivity (Wildman–Crippen MR) is 107 cm³/mol. The lowest BCUT2D eigenvalue weighted by Gasteiger charge is -2.05. The van der Waals surface area contributed by atoms with Gasteiger partial charge >= 0.3 is 0 Å². The SMILES string of the molecule is COc1ccc(Cn2nc3c(=O)[nH]c4cc(Cl)ccc4c(=O)c3c2C=O)cc1. The van der Waals surface area contributed by atoms with Crippen LogP contribution in [0, 0.1) is 0 Å². The van der Waals surface area contributed by atoms with E-state index in [1.54, 1.807) is 25.3 Å². The Bertz CT molecular complexity index is 1340. The number of hydrogen-bond acceptors (Lipinski definition) is 5. The average molecular weight is 396 g/mol. The second kappa shape index (κ2) is 6.94. The molecule has 8 heteroatoms. The Morgan fingerprint density at radius 1 is 1.18 bits per heavy atom. The molecule has 0 fully saturated rings. The van der Waals surface area contributed by atoms with Crippen LogP contribution >= 0.6 is 11.6 Å². The third-order valence-electron chi connectivity index (χ3n) is 4.51. The molecular formula is C20H14ClN3O4. The standard InChI is InChI=1S/C20H14ClN3O4/c1-28-13-5-2-11(3-6-13)9-24-16(10-25)17-18(23-24)20(27)22-15-8-12(21)4-7-14(15)19(17)26/h2-8,10H,9H2,1H3,(H,22,27). The first-order valence-electron chi connectivity index (χ1n) is 8.36. The second-order valence-corrected chi connectivity index (χ2v) is 6.64. The zero-order valence-electron chi connectivity index (χ0n) is 14.7. The minimum atomic E-state index is -0.569. The number of nitrogens with zero attached hydrogens (tertiary/aromatic N) is 2. The summed E-state index contributed by atoms with van der Waals surface area (Å²) in [5.41, 5.74) is 0.0615. The van der Waals surface area contributed by atoms with Gasteiger partial charge in [0.1, 0.15) is 11.4 Å². The van der Waals surface area contributed by atoms with E-state index in [4.69, 9.17) is 16.3 Å². The molecule has 0 aliphatic carbocycles. The van der Waals surface area contributed by atoms with E-state index in [9.17, 15) is 14.4 Å². The minimum absolute atomic E-state index is 0.0120. The highest BCUT2D eigenvalue weighted by atomic mass is 35.5. The lowest BCUT2D eigenvalue weighted by atomic mass is 10.2. The van der Waals surface area contributed by atoms with Crippen molar-refractivity contribution < 1.29 is 9.53 Å². The number of H-pyrrole nitrogens is 1. The zero-order chi connectivity index (χ0) is 19.8. The number of aldehydes is 1. The fraction of sp³-hybridized carbons (Fsp3) is 0.100. The molecule has 0 spiro atoms. The highest BCUT2D eigenvalue weighted by molar-refractivity contribution is 6.31. The van der Waals surface area contributed by atoms with Crippen molar-refractivity contribution in [2.45, 2.75) is 6.54 Å². The summed E-state index contributed by atoms with van der Waals surface area (Å²) in [6.07, 6.45) is 0.543. The average Bonchev–Trinajstić information content (AvgIpc) is 3.02. The second-order valence-electron chi connectivity index (χ2n) is 6.21. The molecule has 2 aromatic carbocycles. The lowest BCUT2D eigenvalue weighted by Crippen LogP contribution is -2.08. The van der Waals surface area contributed by atoms with Gasteiger partial charge in [0.25, 0.3) is 5.56 Å². The number of ether oxygens (including phenoxy) is 1. The van der Waals surface area contributed by atoms with Gasteiger partial charge in [-0.3, -0.25) is 19.1 Å². The quantitative estimate of drug-likeness (QED) is 0.536. The molecule has 0 saturated heterocycles. The van der Waals surface area contributed by atoms with Crippen molar-refractivity contribution in [1.29, 1.82) is 0 Å². The highest BCUT2D eigenvalue weighted by Crippen LogP contribution is 2.18. The van der Waals surface area contributed by atoms with E-state index in [0.717, 1.165) is 5.56 Å². The molecule has 0 aliphatic rings. The summed E-state index contributed by atoms with van der Waals surface area (Å²) in [5, 5.41) is 4.87. The number of carbonyl (C=O) groups is 1. The van der Waals surface area contributed by atoms with Crippen LogP contribution in [0.5, 0.6) is 5.75 Å². The van der Waals surface area contributed by atoms with Gasteiger partial charge in [-0.05, 0) is 35.9 Å². The van der Waals surface area contributed by atoms with Crippen LogP contribution < -0.4 is 15.7 Å². The fourth-order valence-corrected chi connectivity index (χ4v) is 3.31. The van der Waals surface area contributed by atoms with Crippen molar-refractivity contribution >= 4 is 39.7 Å². The number of aromatic nitrogens is 3. The molecule has 2 heterocycles. The van der Waals surface area contributed by atoms with E-state index < -0.39 is 11.0 Å². The van der Waals surface area contributed by atoms with Crippen LogP contribution in [0.15, 0.2) is 52.1 Å². The molecule has 0 saturated carbocycles. The first-order valence-corrected chi connectivity index (χ1v) is 8.74. The van der Waals surface area contributed by atoms with Crippen molar-refractivity contribution in [1.82, 2.24) is 14.8 Å². The number of rotatable bonds is 4. The number of carbonyl (C=O) groups excluding carboxylic acids is 1. The molecule has 0 atom stereocenters. The first-order chi connectivity index (χ1) is 13.5. The molecule has 0 aliphatic heterocycles. The fourth-order valence-electron chi connectivity index (χ4n) is 3.14. The number of benzene rings is 2. The van der Waals surface area contributed by atoms with Gasteiger partial charge in [-0.2, -0.15) is 5.10 Å². The van der Waals surface area contributed by atoms with Gasteiger partial charge in [0.15, 0.2) is 17.2 Å². The zero-order valence-corrected chi connectivity index (χ0v) is 15.5. The van der Waals surface area contributed by atoms with Crippen LogP contribution in [0.3, 0.4) is 0 Å². The molecule has 0 radical (unpaired) electrons. The molecule has 0 bridgehead atoms. The topological polar surface area (TPSA) is 94.1 Å². The van der Waals surface area contributed by atoms with E-state index in [1.165, 1.54) is 16.8 Å². The van der Waals surface area contributed by atoms with Crippen molar-refractivity contribution in [2.24, 2.45) is 0 Å². The molecule has 2 aromatic heterocycles. The van der Waals surface area contributed by atoms with Crippen molar-refractivity contribution in [3.05, 3.63) is 79.3 Å². The Hall–Kier alpha value is -3.45. The van der Waals surface area contributed by atoms with Crippen LogP contribution in [0.2, 0.25) is 5.02 Å². The molecule has 4 aromatic rings. The number of fused-ring (bicyclic) bond motifs is 2. The first kappa shape index (κ1) is 17.9. The van der Waals surface area contributed by atoms with Crippen LogP contribution in [0.4, 0.5) is 0 Å². The van der Waals surface area contributed by atoms with Gasteiger partial charge < -0.3 is 9.72 Å². The van der Waals surface area contributed by atoms with Gasteiger partial charge in [0.2, 0.25) is 0 Å². The maximum atomic E-state index is 13.0. The Morgan fingerprint density at radius 3 is 2.61 bits per heavy atom. The molecule has 0 unspecified atom stereocenters. The van der Waals surface area contributed by atoms with E-state index >= 15 is 0 Å². The summed E-state index contributed by atoms with van der Waals surface area (Å²) < 4.78 is 6.49. The summed E-state index contributed by atoms with van der Waals surface area (Å²) in [4.78, 5) is 40.1. The smallest absolute Gasteiger partial charge is 0.276 e. The Morgan fingerprint density at radius 2 is 1.93 bits per heavy atom. The summed E-state index contributed by atoms with van der Waals surface area (Å²) in [6, 6.07) is 11.8. The Kier molecular flexibility index (Phi) is 4.44. The summed E-state index contributed by atoms with van der Waals surface area (Å²) in [7, 11) is 1.57. The Labute approximate surface area is 163 Å². The predicted octanol–water partition coefficient (Wildman–Crippen LogP) is 2.76. The molecule has 140 valence electrons. The molecular weight excluding hydrogens is 382 g/mol. The van der Waals surface area contributed by atoms with E-state index in [-0.39, 0.29) is 28.5 Å².